The molecule has 0 spiro atoms. The van der Waals surface area contributed by atoms with Gasteiger partial charge in [-0.1, -0.05) is 24.3 Å². The molecule has 39 heavy (non-hydrogen) atoms. The monoisotopic (exact) mass is 555 g/mol. The van der Waals surface area contributed by atoms with Gasteiger partial charge in [-0.3, -0.25) is 9.59 Å². The molecule has 0 saturated carbocycles. The van der Waals surface area contributed by atoms with Gasteiger partial charge in [0.25, 0.3) is 5.91 Å². The van der Waals surface area contributed by atoms with Crippen LogP contribution in [0.5, 0.6) is 11.5 Å². The van der Waals surface area contributed by atoms with Gasteiger partial charge in [0.2, 0.25) is 5.91 Å². The molecule has 4 aromatic rings. The number of aromatic nitrogens is 1. The molecular formula is C28H24F3N3O4S. The van der Waals surface area contributed by atoms with Gasteiger partial charge in [0.05, 0.1) is 11.3 Å². The van der Waals surface area contributed by atoms with Crippen LogP contribution in [-0.4, -0.2) is 41.9 Å². The number of hydrogen-bond acceptors (Lipinski definition) is 5. The fourth-order valence-electron chi connectivity index (χ4n) is 4.20. The van der Waals surface area contributed by atoms with E-state index in [1.165, 1.54) is 23.9 Å². The number of nitrogens with zero attached hydrogens (tertiary/aromatic N) is 1. The Morgan fingerprint density at radius 1 is 0.949 bits per heavy atom. The fraction of sp³-hybridized carbons (Fsp3) is 0.214. The SMILES string of the molecule is O=C(CSc1cn(CCNC(=O)c2cccc(C(F)(F)F)c2)c2ccccc12)Nc1ccc2c(c1)OCCO2. The normalized spacial score (nSPS) is 12.8. The van der Waals surface area contributed by atoms with Gasteiger partial charge in [-0.05, 0) is 36.4 Å². The highest BCUT2D eigenvalue weighted by Gasteiger charge is 2.30. The number of anilines is 1. The van der Waals surface area contributed by atoms with Crippen LogP contribution in [0.2, 0.25) is 0 Å². The Morgan fingerprint density at radius 3 is 2.56 bits per heavy atom. The van der Waals surface area contributed by atoms with Crippen molar-refractivity contribution in [1.29, 1.82) is 0 Å². The Labute approximate surface area is 226 Å². The molecule has 0 saturated heterocycles. The third kappa shape index (κ3) is 6.31. The van der Waals surface area contributed by atoms with Gasteiger partial charge in [0, 0.05) is 52.4 Å². The smallest absolute Gasteiger partial charge is 0.416 e. The first kappa shape index (κ1) is 26.5. The van der Waals surface area contributed by atoms with Crippen molar-refractivity contribution in [3.05, 3.63) is 84.1 Å². The Morgan fingerprint density at radius 2 is 1.74 bits per heavy atom. The second kappa shape index (κ2) is 11.3. The summed E-state index contributed by atoms with van der Waals surface area (Å²) in [5.74, 6) is 0.654. The van der Waals surface area contributed by atoms with Crippen LogP contribution in [0.15, 0.2) is 77.8 Å². The summed E-state index contributed by atoms with van der Waals surface area (Å²) in [5.41, 5.74) is 0.609. The molecule has 2 amide bonds. The van der Waals surface area contributed by atoms with Gasteiger partial charge < -0.3 is 24.7 Å². The predicted octanol–water partition coefficient (Wildman–Crippen LogP) is 5.59. The summed E-state index contributed by atoms with van der Waals surface area (Å²) in [6, 6.07) is 17.3. The number of halogens is 3. The molecule has 7 nitrogen and oxygen atoms in total. The highest BCUT2D eigenvalue weighted by atomic mass is 32.2. The third-order valence-corrected chi connectivity index (χ3v) is 7.07. The summed E-state index contributed by atoms with van der Waals surface area (Å²) in [5, 5.41) is 6.51. The van der Waals surface area contributed by atoms with Crippen LogP contribution in [0.1, 0.15) is 15.9 Å². The second-order valence-corrected chi connectivity index (χ2v) is 9.75. The number of carbonyl (C=O) groups is 2. The number of benzene rings is 3. The predicted molar refractivity (Wildman–Crippen MR) is 143 cm³/mol. The van der Waals surface area contributed by atoms with Crippen molar-refractivity contribution in [2.24, 2.45) is 0 Å². The van der Waals surface area contributed by atoms with Crippen molar-refractivity contribution < 1.29 is 32.2 Å². The topological polar surface area (TPSA) is 81.6 Å². The van der Waals surface area contributed by atoms with E-state index in [-0.39, 0.29) is 23.8 Å². The number of para-hydroxylation sites is 1. The number of alkyl halides is 3. The van der Waals surface area contributed by atoms with E-state index in [0.29, 0.717) is 36.9 Å². The summed E-state index contributed by atoms with van der Waals surface area (Å²) in [6.45, 7) is 1.56. The van der Waals surface area contributed by atoms with Crippen molar-refractivity contribution in [1.82, 2.24) is 9.88 Å². The molecule has 2 heterocycles. The first-order chi connectivity index (χ1) is 18.8. The fourth-order valence-corrected chi connectivity index (χ4v) is 5.09. The highest BCUT2D eigenvalue weighted by Crippen LogP contribution is 2.34. The number of rotatable bonds is 8. The van der Waals surface area contributed by atoms with Crippen LogP contribution < -0.4 is 20.1 Å². The Hall–Kier alpha value is -4.12. The zero-order valence-electron chi connectivity index (χ0n) is 20.6. The molecule has 2 N–H and O–H groups in total. The Kier molecular flexibility index (Phi) is 7.69. The zero-order chi connectivity index (χ0) is 27.4. The summed E-state index contributed by atoms with van der Waals surface area (Å²) in [4.78, 5) is 26.0. The van der Waals surface area contributed by atoms with E-state index in [1.54, 1.807) is 18.2 Å². The lowest BCUT2D eigenvalue weighted by atomic mass is 10.1. The highest BCUT2D eigenvalue weighted by molar-refractivity contribution is 8.00. The first-order valence-electron chi connectivity index (χ1n) is 12.1. The number of ether oxygens (including phenoxy) is 2. The van der Waals surface area contributed by atoms with Crippen molar-refractivity contribution in [3.63, 3.8) is 0 Å². The largest absolute Gasteiger partial charge is 0.486 e. The number of thioether (sulfide) groups is 1. The minimum atomic E-state index is -4.52. The summed E-state index contributed by atoms with van der Waals surface area (Å²) >= 11 is 1.38. The Balaban J connectivity index is 1.20. The molecule has 0 radical (unpaired) electrons. The average Bonchev–Trinajstić information content (AvgIpc) is 3.29. The molecule has 0 atom stereocenters. The van der Waals surface area contributed by atoms with E-state index in [0.717, 1.165) is 27.9 Å². The molecule has 0 aliphatic carbocycles. The van der Waals surface area contributed by atoms with E-state index >= 15 is 0 Å². The lowest BCUT2D eigenvalue weighted by Crippen LogP contribution is -2.27. The molecule has 1 aliphatic rings. The van der Waals surface area contributed by atoms with Gasteiger partial charge in [-0.2, -0.15) is 13.2 Å². The molecule has 202 valence electrons. The average molecular weight is 556 g/mol. The van der Waals surface area contributed by atoms with E-state index < -0.39 is 17.6 Å². The van der Waals surface area contributed by atoms with Gasteiger partial charge >= 0.3 is 6.18 Å². The van der Waals surface area contributed by atoms with Crippen molar-refractivity contribution in [3.8, 4) is 11.5 Å². The second-order valence-electron chi connectivity index (χ2n) is 8.73. The van der Waals surface area contributed by atoms with Crippen molar-refractivity contribution in [2.45, 2.75) is 17.6 Å². The minimum Gasteiger partial charge on any atom is -0.486 e. The quantitative estimate of drug-likeness (QED) is 0.277. The maximum absolute atomic E-state index is 13.0. The maximum atomic E-state index is 13.0. The van der Waals surface area contributed by atoms with E-state index in [9.17, 15) is 22.8 Å². The summed E-state index contributed by atoms with van der Waals surface area (Å²) in [6.07, 6.45) is -2.61. The molecule has 11 heteroatoms. The van der Waals surface area contributed by atoms with Gasteiger partial charge in [0.1, 0.15) is 13.2 Å². The number of carbonyl (C=O) groups excluding carboxylic acids is 2. The third-order valence-electron chi connectivity index (χ3n) is 6.03. The number of nitrogens with one attached hydrogen (secondary N) is 2. The van der Waals surface area contributed by atoms with Gasteiger partial charge in [-0.25, -0.2) is 0 Å². The van der Waals surface area contributed by atoms with E-state index in [1.807, 2.05) is 35.0 Å². The van der Waals surface area contributed by atoms with Crippen LogP contribution in [0.25, 0.3) is 10.9 Å². The lowest BCUT2D eigenvalue weighted by molar-refractivity contribution is -0.137. The molecule has 5 rings (SSSR count). The Bertz CT molecular complexity index is 1520. The molecule has 0 fully saturated rings. The van der Waals surface area contributed by atoms with Gasteiger partial charge in [0.15, 0.2) is 11.5 Å². The maximum Gasteiger partial charge on any atom is 0.416 e. The molecular weight excluding hydrogens is 531 g/mol. The zero-order valence-corrected chi connectivity index (χ0v) is 21.4. The number of amides is 2. The standard InChI is InChI=1S/C28H24F3N3O4S/c29-28(30,31)19-5-3-4-18(14-19)27(36)32-10-11-34-16-25(21-6-1-2-7-22(21)34)39-17-26(35)33-20-8-9-23-24(15-20)38-13-12-37-23/h1-9,14-16H,10-13,17H2,(H,32,36)(H,33,35). The molecule has 3 aromatic carbocycles. The van der Waals surface area contributed by atoms with Crippen molar-refractivity contribution >= 4 is 40.2 Å². The molecule has 0 unspecified atom stereocenters. The van der Waals surface area contributed by atoms with Crippen molar-refractivity contribution in [2.75, 3.05) is 30.8 Å². The van der Waals surface area contributed by atoms with Crippen LogP contribution in [0, 0.1) is 0 Å². The van der Waals surface area contributed by atoms with Crippen LogP contribution in [0.3, 0.4) is 0 Å². The van der Waals surface area contributed by atoms with Crippen LogP contribution >= 0.6 is 11.8 Å². The van der Waals surface area contributed by atoms with Crippen LogP contribution in [0.4, 0.5) is 18.9 Å². The molecule has 1 aliphatic heterocycles. The first-order valence-corrected chi connectivity index (χ1v) is 13.1. The molecule has 0 bridgehead atoms. The summed E-state index contributed by atoms with van der Waals surface area (Å²) < 4.78 is 51.9. The number of hydrogen-bond donors (Lipinski definition) is 2. The van der Waals surface area contributed by atoms with Crippen LogP contribution in [-0.2, 0) is 17.5 Å². The van der Waals surface area contributed by atoms with E-state index in [2.05, 4.69) is 10.6 Å². The number of fused-ring (bicyclic) bond motifs is 2. The van der Waals surface area contributed by atoms with Gasteiger partial charge in [-0.15, -0.1) is 11.8 Å². The minimum absolute atomic E-state index is 0.0533. The lowest BCUT2D eigenvalue weighted by Gasteiger charge is -2.19. The van der Waals surface area contributed by atoms with E-state index in [4.69, 9.17) is 9.47 Å². The molecule has 1 aromatic heterocycles. The summed E-state index contributed by atoms with van der Waals surface area (Å²) in [7, 11) is 0.